The second-order valence-corrected chi connectivity index (χ2v) is 7.58. The minimum absolute atomic E-state index is 0.119. The molecule has 7 nitrogen and oxygen atoms in total. The first-order chi connectivity index (χ1) is 15.7. The van der Waals surface area contributed by atoms with Crippen molar-refractivity contribution in [3.05, 3.63) is 71.0 Å². The monoisotopic (exact) mass is 469 g/mol. The maximum atomic E-state index is 13.4. The first kappa shape index (κ1) is 22.4. The predicted octanol–water partition coefficient (Wildman–Crippen LogP) is 5.22. The van der Waals surface area contributed by atoms with Gasteiger partial charge in [-0.1, -0.05) is 11.6 Å². The van der Waals surface area contributed by atoms with Gasteiger partial charge in [-0.3, -0.25) is 15.0 Å². The number of nitrogens with zero attached hydrogens (tertiary/aromatic N) is 7. The summed E-state index contributed by atoms with van der Waals surface area (Å²) in [5.74, 6) is 0.255. The van der Waals surface area contributed by atoms with Gasteiger partial charge in [0.25, 0.3) is 0 Å². The number of rotatable bonds is 4. The highest BCUT2D eigenvalue weighted by atomic mass is 35.5. The van der Waals surface area contributed by atoms with E-state index in [-0.39, 0.29) is 21.7 Å². The fourth-order valence-electron chi connectivity index (χ4n) is 3.38. The van der Waals surface area contributed by atoms with E-state index in [2.05, 4.69) is 24.9 Å². The number of benzene rings is 1. The SMILES string of the molecule is CC(c1nccnc1-c1ccc(C#N)cn1)N(C)c1ncnc2c(Cl)cc(C(F)(F)F)cc12. The number of aromatic nitrogens is 5. The van der Waals surface area contributed by atoms with Gasteiger partial charge in [0, 0.05) is 31.0 Å². The molecule has 0 amide bonds. The van der Waals surface area contributed by atoms with E-state index >= 15 is 0 Å². The van der Waals surface area contributed by atoms with Gasteiger partial charge >= 0.3 is 6.18 Å². The third-order valence-corrected chi connectivity index (χ3v) is 5.46. The number of hydrogen-bond donors (Lipinski definition) is 0. The normalized spacial score (nSPS) is 12.4. The number of anilines is 1. The standard InChI is InChI=1S/C22H15ClF3N7/c1-12(18-20(29-6-5-28-18)17-4-3-13(9-27)10-30-17)33(2)21-15-7-14(22(24,25)26)8-16(23)19(15)31-11-32-21/h3-8,10-12H,1-2H3. The van der Waals surface area contributed by atoms with Crippen molar-refractivity contribution in [2.24, 2.45) is 0 Å². The molecule has 3 heterocycles. The molecule has 1 aromatic carbocycles. The van der Waals surface area contributed by atoms with Crippen LogP contribution in [0.3, 0.4) is 0 Å². The highest BCUT2D eigenvalue weighted by Gasteiger charge is 2.32. The van der Waals surface area contributed by atoms with E-state index in [9.17, 15) is 13.2 Å². The molecule has 4 aromatic rings. The van der Waals surface area contributed by atoms with Crippen molar-refractivity contribution in [3.8, 4) is 17.5 Å². The molecule has 0 aliphatic carbocycles. The molecule has 4 rings (SSSR count). The molecule has 0 N–H and O–H groups in total. The van der Waals surface area contributed by atoms with Crippen molar-refractivity contribution in [3.63, 3.8) is 0 Å². The maximum absolute atomic E-state index is 13.4. The van der Waals surface area contributed by atoms with Gasteiger partial charge in [-0.05, 0) is 31.2 Å². The molecule has 0 spiro atoms. The second kappa shape index (κ2) is 8.60. The van der Waals surface area contributed by atoms with Gasteiger partial charge in [-0.15, -0.1) is 0 Å². The third-order valence-electron chi connectivity index (χ3n) is 5.17. The number of alkyl halides is 3. The summed E-state index contributed by atoms with van der Waals surface area (Å²) in [5.41, 5.74) is 1.24. The lowest BCUT2D eigenvalue weighted by Crippen LogP contribution is -2.25. The fraction of sp³-hybridized carbons (Fsp3) is 0.182. The van der Waals surface area contributed by atoms with Gasteiger partial charge in [0.15, 0.2) is 0 Å². The van der Waals surface area contributed by atoms with Crippen LogP contribution in [-0.2, 0) is 6.18 Å². The summed E-state index contributed by atoms with van der Waals surface area (Å²) in [6, 6.07) is 6.66. The van der Waals surface area contributed by atoms with Crippen LogP contribution in [0, 0.1) is 11.3 Å². The fourth-order valence-corrected chi connectivity index (χ4v) is 3.64. The summed E-state index contributed by atoms with van der Waals surface area (Å²) in [7, 11) is 1.69. The number of pyridine rings is 1. The average Bonchev–Trinajstić information content (AvgIpc) is 2.82. The molecule has 1 atom stereocenters. The van der Waals surface area contributed by atoms with Gasteiger partial charge in [0.1, 0.15) is 23.9 Å². The van der Waals surface area contributed by atoms with Gasteiger partial charge in [-0.25, -0.2) is 9.97 Å². The van der Waals surface area contributed by atoms with E-state index in [1.165, 1.54) is 24.9 Å². The molecule has 11 heteroatoms. The van der Waals surface area contributed by atoms with E-state index in [1.54, 1.807) is 24.1 Å². The highest BCUT2D eigenvalue weighted by molar-refractivity contribution is 6.35. The largest absolute Gasteiger partial charge is 0.416 e. The molecule has 0 saturated carbocycles. The van der Waals surface area contributed by atoms with Gasteiger partial charge in [0.2, 0.25) is 0 Å². The Bertz CT molecular complexity index is 1370. The van der Waals surface area contributed by atoms with Crippen LogP contribution >= 0.6 is 11.6 Å². The van der Waals surface area contributed by atoms with E-state index in [1.807, 2.05) is 13.0 Å². The Morgan fingerprint density at radius 1 is 1.06 bits per heavy atom. The predicted molar refractivity (Wildman–Crippen MR) is 116 cm³/mol. The number of halogens is 4. The van der Waals surface area contributed by atoms with Crippen molar-refractivity contribution >= 4 is 28.3 Å². The Hall–Kier alpha value is -3.84. The van der Waals surface area contributed by atoms with Crippen LogP contribution in [-0.4, -0.2) is 32.0 Å². The lowest BCUT2D eigenvalue weighted by molar-refractivity contribution is -0.137. The van der Waals surface area contributed by atoms with Gasteiger partial charge in [-0.2, -0.15) is 18.4 Å². The van der Waals surface area contributed by atoms with Crippen LogP contribution in [0.25, 0.3) is 22.3 Å². The van der Waals surface area contributed by atoms with Gasteiger partial charge < -0.3 is 4.90 Å². The van der Waals surface area contributed by atoms with E-state index in [0.717, 1.165) is 12.1 Å². The number of fused-ring (bicyclic) bond motifs is 1. The van der Waals surface area contributed by atoms with Crippen LogP contribution in [0.15, 0.2) is 49.2 Å². The molecule has 0 radical (unpaired) electrons. The first-order valence-corrected chi connectivity index (χ1v) is 10.00. The Morgan fingerprint density at radius 2 is 1.82 bits per heavy atom. The van der Waals surface area contributed by atoms with Crippen LogP contribution in [0.2, 0.25) is 5.02 Å². The van der Waals surface area contributed by atoms with Crippen LogP contribution in [0.1, 0.15) is 29.8 Å². The zero-order valence-electron chi connectivity index (χ0n) is 17.3. The molecular weight excluding hydrogens is 455 g/mol. The quantitative estimate of drug-likeness (QED) is 0.404. The third kappa shape index (κ3) is 4.27. The van der Waals surface area contributed by atoms with Crippen LogP contribution in [0.5, 0.6) is 0 Å². The molecule has 166 valence electrons. The minimum Gasteiger partial charge on any atom is -0.351 e. The molecule has 0 fully saturated rings. The van der Waals surface area contributed by atoms with Crippen molar-refractivity contribution in [1.29, 1.82) is 5.26 Å². The van der Waals surface area contributed by atoms with E-state index in [4.69, 9.17) is 16.9 Å². The van der Waals surface area contributed by atoms with Crippen molar-refractivity contribution in [2.75, 3.05) is 11.9 Å². The molecular formula is C22H15ClF3N7. The smallest absolute Gasteiger partial charge is 0.351 e. The van der Waals surface area contributed by atoms with E-state index < -0.39 is 17.8 Å². The zero-order chi connectivity index (χ0) is 23.8. The Kier molecular flexibility index (Phi) is 5.82. The topological polar surface area (TPSA) is 91.5 Å². The Balaban J connectivity index is 1.80. The van der Waals surface area contributed by atoms with E-state index in [0.29, 0.717) is 22.6 Å². The zero-order valence-corrected chi connectivity index (χ0v) is 18.1. The number of nitriles is 1. The molecule has 0 saturated heterocycles. The molecule has 0 aliphatic rings. The summed E-state index contributed by atoms with van der Waals surface area (Å²) in [6.07, 6.45) is 1.14. The molecule has 0 bridgehead atoms. The van der Waals surface area contributed by atoms with Crippen LogP contribution in [0.4, 0.5) is 19.0 Å². The average molecular weight is 470 g/mol. The van der Waals surface area contributed by atoms with Crippen molar-refractivity contribution in [1.82, 2.24) is 24.9 Å². The lowest BCUT2D eigenvalue weighted by atomic mass is 10.1. The van der Waals surface area contributed by atoms with Crippen LogP contribution < -0.4 is 4.90 Å². The highest BCUT2D eigenvalue weighted by Crippen LogP contribution is 2.38. The van der Waals surface area contributed by atoms with Crippen molar-refractivity contribution < 1.29 is 13.2 Å². The van der Waals surface area contributed by atoms with Gasteiger partial charge in [0.05, 0.1) is 39.1 Å². The molecule has 33 heavy (non-hydrogen) atoms. The van der Waals surface area contributed by atoms with Crippen molar-refractivity contribution in [2.45, 2.75) is 19.1 Å². The minimum atomic E-state index is -4.57. The second-order valence-electron chi connectivity index (χ2n) is 7.17. The molecule has 3 aromatic heterocycles. The molecule has 0 aliphatic heterocycles. The Morgan fingerprint density at radius 3 is 2.48 bits per heavy atom. The first-order valence-electron chi connectivity index (χ1n) is 9.62. The molecule has 1 unspecified atom stereocenters. The Labute approximate surface area is 191 Å². The summed E-state index contributed by atoms with van der Waals surface area (Å²) in [4.78, 5) is 23.1. The summed E-state index contributed by atoms with van der Waals surface area (Å²) < 4.78 is 40.2. The number of hydrogen-bond acceptors (Lipinski definition) is 7. The lowest BCUT2D eigenvalue weighted by Gasteiger charge is -2.27. The summed E-state index contributed by atoms with van der Waals surface area (Å²) in [5, 5.41) is 9.04. The maximum Gasteiger partial charge on any atom is 0.416 e. The summed E-state index contributed by atoms with van der Waals surface area (Å²) >= 11 is 6.11. The summed E-state index contributed by atoms with van der Waals surface area (Å²) in [6.45, 7) is 1.82.